The van der Waals surface area contributed by atoms with Crippen LogP contribution in [0, 0.1) is 0 Å². The summed E-state index contributed by atoms with van der Waals surface area (Å²) in [6.45, 7) is 2.19. The van der Waals surface area contributed by atoms with E-state index in [1.54, 1.807) is 25.1 Å². The number of benzene rings is 2. The third-order valence-electron chi connectivity index (χ3n) is 3.98. The molecule has 7 nitrogen and oxygen atoms in total. The van der Waals surface area contributed by atoms with Gasteiger partial charge in [0, 0.05) is 22.4 Å². The molecular formula is C18H18N2O5S. The summed E-state index contributed by atoms with van der Waals surface area (Å²) in [6.07, 6.45) is 1.51. The fourth-order valence-electron chi connectivity index (χ4n) is 2.68. The topological polar surface area (TPSA) is 105 Å². The van der Waals surface area contributed by atoms with Gasteiger partial charge in [-0.3, -0.25) is 4.79 Å². The molecule has 1 amide bonds. The summed E-state index contributed by atoms with van der Waals surface area (Å²) in [4.78, 5) is 12.4. The predicted molar refractivity (Wildman–Crippen MR) is 98.5 cm³/mol. The van der Waals surface area contributed by atoms with Crippen LogP contribution in [0.15, 0.2) is 41.3 Å². The SMILES string of the molecule is CCOc1cccc(C=C2C(=O)Nc3ccc(S(=O)(=O)NC)cc32)c1O. The van der Waals surface area contributed by atoms with Crippen molar-refractivity contribution in [2.75, 3.05) is 19.0 Å². The third-order valence-corrected chi connectivity index (χ3v) is 5.39. The first-order valence-electron chi connectivity index (χ1n) is 7.93. The van der Waals surface area contributed by atoms with Gasteiger partial charge in [0.2, 0.25) is 10.0 Å². The number of carbonyl (C=O) groups excluding carboxylic acids is 1. The Morgan fingerprint density at radius 1 is 1.27 bits per heavy atom. The van der Waals surface area contributed by atoms with Gasteiger partial charge in [0.25, 0.3) is 5.91 Å². The molecular weight excluding hydrogens is 356 g/mol. The zero-order chi connectivity index (χ0) is 18.9. The number of anilines is 1. The third kappa shape index (κ3) is 3.16. The van der Waals surface area contributed by atoms with E-state index in [2.05, 4.69) is 10.0 Å². The van der Waals surface area contributed by atoms with Gasteiger partial charge in [0.1, 0.15) is 0 Å². The summed E-state index contributed by atoms with van der Waals surface area (Å²) < 4.78 is 31.6. The van der Waals surface area contributed by atoms with Crippen molar-refractivity contribution in [2.24, 2.45) is 0 Å². The lowest BCUT2D eigenvalue weighted by molar-refractivity contribution is -0.110. The summed E-state index contributed by atoms with van der Waals surface area (Å²) in [7, 11) is -2.32. The number of amides is 1. The fourth-order valence-corrected chi connectivity index (χ4v) is 3.43. The number of fused-ring (bicyclic) bond motifs is 1. The van der Waals surface area contributed by atoms with Gasteiger partial charge in [0.05, 0.1) is 11.5 Å². The number of nitrogens with one attached hydrogen (secondary N) is 2. The van der Waals surface area contributed by atoms with Gasteiger partial charge >= 0.3 is 0 Å². The van der Waals surface area contributed by atoms with Crippen LogP contribution in [0.5, 0.6) is 11.5 Å². The second-order valence-corrected chi connectivity index (χ2v) is 7.44. The van der Waals surface area contributed by atoms with Gasteiger partial charge in [-0.15, -0.1) is 0 Å². The summed E-state index contributed by atoms with van der Waals surface area (Å²) in [5.41, 5.74) is 1.62. The smallest absolute Gasteiger partial charge is 0.256 e. The molecule has 0 atom stereocenters. The van der Waals surface area contributed by atoms with Crippen molar-refractivity contribution in [3.63, 3.8) is 0 Å². The Bertz CT molecular complexity index is 1010. The number of sulfonamides is 1. The minimum atomic E-state index is -3.64. The van der Waals surface area contributed by atoms with Crippen molar-refractivity contribution < 1.29 is 23.1 Å². The molecule has 0 aromatic heterocycles. The van der Waals surface area contributed by atoms with E-state index in [1.165, 1.54) is 31.3 Å². The number of hydrogen-bond donors (Lipinski definition) is 3. The fraction of sp³-hybridized carbons (Fsp3) is 0.167. The molecule has 2 aromatic rings. The highest BCUT2D eigenvalue weighted by molar-refractivity contribution is 7.89. The average molecular weight is 374 g/mol. The Balaban J connectivity index is 2.11. The molecule has 1 heterocycles. The summed E-state index contributed by atoms with van der Waals surface area (Å²) in [5, 5.41) is 13.0. The molecule has 3 rings (SSSR count). The van der Waals surface area contributed by atoms with Crippen molar-refractivity contribution in [1.29, 1.82) is 0 Å². The maximum atomic E-state index is 12.3. The van der Waals surface area contributed by atoms with Gasteiger partial charge < -0.3 is 15.2 Å². The summed E-state index contributed by atoms with van der Waals surface area (Å²) >= 11 is 0. The van der Waals surface area contributed by atoms with Crippen LogP contribution >= 0.6 is 0 Å². The van der Waals surface area contributed by atoms with Crippen molar-refractivity contribution in [2.45, 2.75) is 11.8 Å². The first-order chi connectivity index (χ1) is 12.4. The minimum absolute atomic E-state index is 0.0495. The number of para-hydroxylation sites is 1. The second-order valence-electron chi connectivity index (χ2n) is 5.55. The maximum Gasteiger partial charge on any atom is 0.256 e. The predicted octanol–water partition coefficient (Wildman–Crippen LogP) is 2.19. The Morgan fingerprint density at radius 3 is 2.73 bits per heavy atom. The van der Waals surface area contributed by atoms with Gasteiger partial charge in [-0.05, 0) is 44.3 Å². The second kappa shape index (κ2) is 6.81. The number of phenolic OH excluding ortho intramolecular Hbond substituents is 1. The Kier molecular flexibility index (Phi) is 4.71. The van der Waals surface area contributed by atoms with Gasteiger partial charge in [-0.2, -0.15) is 0 Å². The van der Waals surface area contributed by atoms with Crippen LogP contribution in [0.3, 0.4) is 0 Å². The average Bonchev–Trinajstić information content (AvgIpc) is 2.93. The number of aromatic hydroxyl groups is 1. The van der Waals surface area contributed by atoms with E-state index in [9.17, 15) is 18.3 Å². The molecule has 0 unspecified atom stereocenters. The molecule has 8 heteroatoms. The number of phenols is 1. The molecule has 3 N–H and O–H groups in total. The first kappa shape index (κ1) is 18.0. The molecule has 1 aliphatic heterocycles. The zero-order valence-corrected chi connectivity index (χ0v) is 15.1. The van der Waals surface area contributed by atoms with E-state index in [0.29, 0.717) is 29.2 Å². The molecule has 0 saturated carbocycles. The van der Waals surface area contributed by atoms with Crippen LogP contribution in [0.1, 0.15) is 18.1 Å². The quantitative estimate of drug-likeness (QED) is 0.696. The lowest BCUT2D eigenvalue weighted by atomic mass is 10.0. The molecule has 0 fully saturated rings. The summed E-state index contributed by atoms with van der Waals surface area (Å²) in [5.74, 6) is -0.144. The highest BCUT2D eigenvalue weighted by Gasteiger charge is 2.26. The van der Waals surface area contributed by atoms with Crippen molar-refractivity contribution >= 4 is 33.3 Å². The lowest BCUT2D eigenvalue weighted by Crippen LogP contribution is -2.18. The monoisotopic (exact) mass is 374 g/mol. The largest absolute Gasteiger partial charge is 0.504 e. The molecule has 0 aliphatic carbocycles. The molecule has 0 spiro atoms. The number of ether oxygens (including phenoxy) is 1. The standard InChI is InChI=1S/C18H18N2O5S/c1-3-25-16-6-4-5-11(17(16)21)9-14-13-10-12(26(23,24)19-2)7-8-15(13)20-18(14)22/h4-10,19,21H,3H2,1-2H3,(H,20,22). The van der Waals surface area contributed by atoms with Crippen LogP contribution in [0.4, 0.5) is 5.69 Å². The Hall–Kier alpha value is -2.84. The van der Waals surface area contributed by atoms with Crippen molar-refractivity contribution in [3.8, 4) is 11.5 Å². The van der Waals surface area contributed by atoms with Crippen LogP contribution < -0.4 is 14.8 Å². The van der Waals surface area contributed by atoms with E-state index < -0.39 is 10.0 Å². The van der Waals surface area contributed by atoms with E-state index >= 15 is 0 Å². The van der Waals surface area contributed by atoms with Crippen molar-refractivity contribution in [1.82, 2.24) is 4.72 Å². The van der Waals surface area contributed by atoms with Crippen LogP contribution in [0.25, 0.3) is 11.6 Å². The van der Waals surface area contributed by atoms with Gasteiger partial charge in [-0.1, -0.05) is 12.1 Å². The molecule has 136 valence electrons. The molecule has 26 heavy (non-hydrogen) atoms. The maximum absolute atomic E-state index is 12.3. The molecule has 1 aliphatic rings. The molecule has 2 aromatic carbocycles. The zero-order valence-electron chi connectivity index (χ0n) is 14.2. The van der Waals surface area contributed by atoms with Crippen LogP contribution in [-0.4, -0.2) is 33.1 Å². The van der Waals surface area contributed by atoms with E-state index in [-0.39, 0.29) is 22.1 Å². The number of rotatable bonds is 5. The Morgan fingerprint density at radius 2 is 2.04 bits per heavy atom. The van der Waals surface area contributed by atoms with E-state index in [0.717, 1.165) is 0 Å². The highest BCUT2D eigenvalue weighted by Crippen LogP contribution is 2.37. The first-order valence-corrected chi connectivity index (χ1v) is 9.41. The van der Waals surface area contributed by atoms with Gasteiger partial charge in [-0.25, -0.2) is 13.1 Å². The number of hydrogen-bond acceptors (Lipinski definition) is 5. The Labute approximate surface area is 151 Å². The summed E-state index contributed by atoms with van der Waals surface area (Å²) in [6, 6.07) is 9.35. The van der Waals surface area contributed by atoms with Crippen LogP contribution in [0.2, 0.25) is 0 Å². The minimum Gasteiger partial charge on any atom is -0.504 e. The molecule has 0 radical (unpaired) electrons. The van der Waals surface area contributed by atoms with E-state index in [1.807, 2.05) is 0 Å². The lowest BCUT2D eigenvalue weighted by Gasteiger charge is -2.08. The normalized spacial score (nSPS) is 15.0. The number of carbonyl (C=O) groups is 1. The van der Waals surface area contributed by atoms with Crippen molar-refractivity contribution in [3.05, 3.63) is 47.5 Å². The molecule has 0 saturated heterocycles. The van der Waals surface area contributed by atoms with Crippen LogP contribution in [-0.2, 0) is 14.8 Å². The van der Waals surface area contributed by atoms with Gasteiger partial charge in [0.15, 0.2) is 11.5 Å². The molecule has 0 bridgehead atoms. The van der Waals surface area contributed by atoms with E-state index in [4.69, 9.17) is 4.74 Å². The highest BCUT2D eigenvalue weighted by atomic mass is 32.2.